The fraction of sp³-hybridized carbons (Fsp3) is 0.500. The fourth-order valence-electron chi connectivity index (χ4n) is 2.71. The number of hydrogen-bond donors (Lipinski definition) is 0. The van der Waals surface area contributed by atoms with E-state index >= 15 is 0 Å². The van der Waals surface area contributed by atoms with Gasteiger partial charge in [-0.2, -0.15) is 0 Å². The Labute approximate surface area is 143 Å². The molecule has 0 aliphatic heterocycles. The van der Waals surface area contributed by atoms with Crippen LogP contribution in [0.1, 0.15) is 19.4 Å². The highest BCUT2D eigenvalue weighted by atomic mass is 35.5. The predicted molar refractivity (Wildman–Crippen MR) is 86.1 cm³/mol. The van der Waals surface area contributed by atoms with Crippen molar-refractivity contribution in [2.75, 3.05) is 0 Å². The number of carbonyl (C=O) groups excluding carboxylic acids is 1. The van der Waals surface area contributed by atoms with Gasteiger partial charge in [-0.15, -0.1) is 11.6 Å². The molecule has 0 heterocycles. The molecule has 1 aliphatic carbocycles. The SMILES string of the molecule is CC1(C)C(C(=O)Cl)C1C(Cl)C(Cl)(Cl)c1ccc(Cl)cc1. The second kappa shape index (κ2) is 5.52. The first-order chi connectivity index (χ1) is 9.10. The van der Waals surface area contributed by atoms with E-state index in [1.54, 1.807) is 24.3 Å². The summed E-state index contributed by atoms with van der Waals surface area (Å²) in [5, 5.41) is -0.440. The van der Waals surface area contributed by atoms with E-state index < -0.39 is 15.0 Å². The van der Waals surface area contributed by atoms with Crippen molar-refractivity contribution >= 4 is 63.2 Å². The lowest BCUT2D eigenvalue weighted by Gasteiger charge is -2.27. The van der Waals surface area contributed by atoms with Crippen LogP contribution in [0.2, 0.25) is 5.02 Å². The minimum Gasteiger partial charge on any atom is -0.281 e. The van der Waals surface area contributed by atoms with Crippen molar-refractivity contribution in [1.29, 1.82) is 0 Å². The lowest BCUT2D eigenvalue weighted by molar-refractivity contribution is -0.113. The highest BCUT2D eigenvalue weighted by molar-refractivity contribution is 6.64. The molecule has 1 saturated carbocycles. The summed E-state index contributed by atoms with van der Waals surface area (Å²) in [6.07, 6.45) is 0. The number of benzene rings is 1. The zero-order valence-corrected chi connectivity index (χ0v) is 14.6. The number of halogens is 5. The molecule has 1 aromatic rings. The van der Waals surface area contributed by atoms with E-state index in [0.29, 0.717) is 10.6 Å². The van der Waals surface area contributed by atoms with Crippen molar-refractivity contribution < 1.29 is 4.79 Å². The van der Waals surface area contributed by atoms with E-state index in [-0.39, 0.29) is 17.3 Å². The normalized spacial score (nSPS) is 26.1. The molecule has 0 bridgehead atoms. The summed E-state index contributed by atoms with van der Waals surface area (Å²) in [6.45, 7) is 3.87. The Balaban J connectivity index is 2.26. The smallest absolute Gasteiger partial charge is 0.225 e. The molecule has 0 aromatic heterocycles. The molecule has 1 fully saturated rings. The lowest BCUT2D eigenvalue weighted by Crippen LogP contribution is -2.28. The highest BCUT2D eigenvalue weighted by Crippen LogP contribution is 2.65. The fourth-order valence-corrected chi connectivity index (χ4v) is 4.38. The minimum atomic E-state index is -1.31. The monoisotopic (exact) mass is 372 g/mol. The van der Waals surface area contributed by atoms with Gasteiger partial charge in [0.2, 0.25) is 5.24 Å². The first-order valence-corrected chi connectivity index (χ1v) is 8.02. The summed E-state index contributed by atoms with van der Waals surface area (Å²) >= 11 is 30.8. The Kier molecular flexibility index (Phi) is 4.61. The van der Waals surface area contributed by atoms with Crippen LogP contribution in [0.5, 0.6) is 0 Å². The van der Waals surface area contributed by atoms with E-state index in [0.717, 1.165) is 0 Å². The maximum atomic E-state index is 11.4. The predicted octanol–water partition coefficient (Wildman–Crippen LogP) is 5.62. The lowest BCUT2D eigenvalue weighted by atomic mass is 10.0. The van der Waals surface area contributed by atoms with Crippen LogP contribution in [0.15, 0.2) is 24.3 Å². The molecule has 0 saturated heterocycles. The van der Waals surface area contributed by atoms with Gasteiger partial charge in [-0.25, -0.2) is 0 Å². The largest absolute Gasteiger partial charge is 0.281 e. The van der Waals surface area contributed by atoms with E-state index in [1.807, 2.05) is 13.8 Å². The Morgan fingerprint density at radius 1 is 1.25 bits per heavy atom. The van der Waals surface area contributed by atoms with Crippen LogP contribution in [0.25, 0.3) is 0 Å². The summed E-state index contributed by atoms with van der Waals surface area (Å²) in [6, 6.07) is 6.85. The van der Waals surface area contributed by atoms with Crippen LogP contribution >= 0.6 is 58.0 Å². The van der Waals surface area contributed by atoms with E-state index in [9.17, 15) is 4.79 Å². The molecule has 2 rings (SSSR count). The Morgan fingerprint density at radius 2 is 1.75 bits per heavy atom. The summed E-state index contributed by atoms with van der Waals surface area (Å²) in [7, 11) is 0. The molecule has 1 nitrogen and oxygen atoms in total. The summed E-state index contributed by atoms with van der Waals surface area (Å²) in [5.74, 6) is -0.490. The molecule has 3 unspecified atom stereocenters. The molecule has 1 aliphatic rings. The van der Waals surface area contributed by atoms with E-state index in [1.165, 1.54) is 0 Å². The van der Waals surface area contributed by atoms with Crippen molar-refractivity contribution in [3.05, 3.63) is 34.9 Å². The molecule has 110 valence electrons. The van der Waals surface area contributed by atoms with Crippen molar-refractivity contribution in [3.63, 3.8) is 0 Å². The average Bonchev–Trinajstić information content (AvgIpc) is 2.91. The third-order valence-electron chi connectivity index (χ3n) is 4.05. The molecule has 0 amide bonds. The van der Waals surface area contributed by atoms with Gasteiger partial charge in [-0.1, -0.05) is 60.8 Å². The topological polar surface area (TPSA) is 17.1 Å². The number of hydrogen-bond acceptors (Lipinski definition) is 1. The van der Waals surface area contributed by atoms with Gasteiger partial charge in [0.25, 0.3) is 0 Å². The van der Waals surface area contributed by atoms with Gasteiger partial charge in [0.05, 0.1) is 5.38 Å². The van der Waals surface area contributed by atoms with Crippen molar-refractivity contribution in [3.8, 4) is 0 Å². The first-order valence-electron chi connectivity index (χ1n) is 6.07. The van der Waals surface area contributed by atoms with Gasteiger partial charge in [0.1, 0.15) is 0 Å². The highest BCUT2D eigenvalue weighted by Gasteiger charge is 2.67. The van der Waals surface area contributed by atoms with Gasteiger partial charge in [0.15, 0.2) is 4.33 Å². The molecular formula is C14H13Cl5O. The third-order valence-corrected chi connectivity index (χ3v) is 6.26. The Hall–Kier alpha value is 0.340. The van der Waals surface area contributed by atoms with Crippen LogP contribution in [0.3, 0.4) is 0 Å². The van der Waals surface area contributed by atoms with Crippen molar-refractivity contribution in [1.82, 2.24) is 0 Å². The van der Waals surface area contributed by atoms with Crippen LogP contribution in [0.4, 0.5) is 0 Å². The maximum Gasteiger partial charge on any atom is 0.225 e. The van der Waals surface area contributed by atoms with Gasteiger partial charge in [-0.05, 0) is 40.6 Å². The van der Waals surface area contributed by atoms with Crippen LogP contribution in [-0.2, 0) is 9.13 Å². The molecule has 0 radical (unpaired) electrons. The standard InChI is InChI=1S/C14H13Cl5O/c1-13(2)9(10(13)12(17)20)11(16)14(18,19)7-3-5-8(15)6-4-7/h3-6,9-11H,1-2H3. The van der Waals surface area contributed by atoms with Gasteiger partial charge in [-0.3, -0.25) is 4.79 Å². The van der Waals surface area contributed by atoms with Gasteiger partial charge >= 0.3 is 0 Å². The zero-order chi connectivity index (χ0) is 15.3. The Bertz CT molecular complexity index is 523. The molecule has 3 atom stereocenters. The molecule has 6 heteroatoms. The molecule has 20 heavy (non-hydrogen) atoms. The number of carbonyl (C=O) groups is 1. The minimum absolute atomic E-state index is 0.167. The summed E-state index contributed by atoms with van der Waals surface area (Å²) in [5.41, 5.74) is 0.348. The van der Waals surface area contributed by atoms with Crippen molar-refractivity contribution in [2.45, 2.75) is 23.6 Å². The quantitative estimate of drug-likeness (QED) is 0.494. The molecule has 1 aromatic carbocycles. The molecular weight excluding hydrogens is 361 g/mol. The Morgan fingerprint density at radius 3 is 2.15 bits per heavy atom. The molecule has 0 N–H and O–H groups in total. The maximum absolute atomic E-state index is 11.4. The van der Waals surface area contributed by atoms with E-state index in [4.69, 9.17) is 58.0 Å². The third kappa shape index (κ3) is 2.80. The molecule has 0 spiro atoms. The van der Waals surface area contributed by atoms with Crippen LogP contribution in [-0.4, -0.2) is 10.6 Å². The summed E-state index contributed by atoms with van der Waals surface area (Å²) < 4.78 is -1.31. The summed E-state index contributed by atoms with van der Waals surface area (Å²) in [4.78, 5) is 11.4. The first kappa shape index (κ1) is 16.7. The second-order valence-corrected chi connectivity index (χ2v) is 8.33. The van der Waals surface area contributed by atoms with E-state index in [2.05, 4.69) is 0 Å². The number of alkyl halides is 3. The number of rotatable bonds is 4. The zero-order valence-electron chi connectivity index (χ0n) is 10.8. The average molecular weight is 375 g/mol. The van der Waals surface area contributed by atoms with Gasteiger partial charge in [0, 0.05) is 10.9 Å². The second-order valence-electron chi connectivity index (χ2n) is 5.66. The van der Waals surface area contributed by atoms with Crippen LogP contribution in [0, 0.1) is 17.3 Å². The van der Waals surface area contributed by atoms with Crippen LogP contribution < -0.4 is 0 Å². The van der Waals surface area contributed by atoms with Crippen molar-refractivity contribution in [2.24, 2.45) is 17.3 Å². The van der Waals surface area contributed by atoms with Gasteiger partial charge < -0.3 is 0 Å².